The molecule has 146 valence electrons. The van der Waals surface area contributed by atoms with E-state index in [0.29, 0.717) is 13.2 Å². The van der Waals surface area contributed by atoms with Crippen LogP contribution in [-0.4, -0.2) is 33.5 Å². The van der Waals surface area contributed by atoms with Crippen molar-refractivity contribution in [3.05, 3.63) is 58.9 Å². The van der Waals surface area contributed by atoms with Crippen molar-refractivity contribution in [3.63, 3.8) is 0 Å². The zero-order valence-electron chi connectivity index (χ0n) is 16.2. The molecule has 1 aliphatic rings. The molecule has 0 bridgehead atoms. The number of imidazole rings is 1. The average Bonchev–Trinajstić information content (AvgIpc) is 3.29. The summed E-state index contributed by atoms with van der Waals surface area (Å²) in [7, 11) is 0. The molecule has 0 spiro atoms. The van der Waals surface area contributed by atoms with Gasteiger partial charge in [0.15, 0.2) is 0 Å². The van der Waals surface area contributed by atoms with Gasteiger partial charge in [0.05, 0.1) is 23.6 Å². The summed E-state index contributed by atoms with van der Waals surface area (Å²) in [5.41, 5.74) is 3.02. The van der Waals surface area contributed by atoms with Gasteiger partial charge < -0.3 is 14.2 Å². The number of benzene rings is 2. The standard InChI is InChI=1S/C22H24ClN3O2/c1-15-14-17(9-10-18(15)23)28-13-12-26-20-7-4-3-6-19(20)24-22(26)21-8-5-11-25(21)16(2)27/h3-4,6-7,9-10,14,21H,5,8,11-13H2,1-2H3/t21-/m0/s1. The van der Waals surface area contributed by atoms with Crippen LogP contribution in [0.15, 0.2) is 42.5 Å². The van der Waals surface area contributed by atoms with Gasteiger partial charge in [-0.25, -0.2) is 4.98 Å². The maximum Gasteiger partial charge on any atom is 0.220 e. The van der Waals surface area contributed by atoms with Crippen LogP contribution < -0.4 is 4.74 Å². The maximum atomic E-state index is 12.1. The normalized spacial score (nSPS) is 16.7. The Morgan fingerprint density at radius 2 is 2.11 bits per heavy atom. The predicted octanol–water partition coefficient (Wildman–Crippen LogP) is 4.76. The SMILES string of the molecule is CC(=O)N1CCC[C@H]1c1nc2ccccc2n1CCOc1ccc(Cl)c(C)c1. The highest BCUT2D eigenvalue weighted by molar-refractivity contribution is 6.31. The van der Waals surface area contributed by atoms with Crippen LogP contribution in [0, 0.1) is 6.92 Å². The van der Waals surface area contributed by atoms with Crippen molar-refractivity contribution >= 4 is 28.5 Å². The van der Waals surface area contributed by atoms with Gasteiger partial charge in [0.2, 0.25) is 5.91 Å². The summed E-state index contributed by atoms with van der Waals surface area (Å²) in [5, 5.41) is 0.737. The van der Waals surface area contributed by atoms with Crippen molar-refractivity contribution in [2.75, 3.05) is 13.2 Å². The summed E-state index contributed by atoms with van der Waals surface area (Å²) in [4.78, 5) is 18.9. The van der Waals surface area contributed by atoms with E-state index in [1.807, 2.05) is 48.2 Å². The van der Waals surface area contributed by atoms with Crippen LogP contribution in [0.1, 0.15) is 37.2 Å². The third kappa shape index (κ3) is 3.59. The summed E-state index contributed by atoms with van der Waals surface area (Å²) in [6, 6.07) is 13.8. The number of carbonyl (C=O) groups excluding carboxylic acids is 1. The molecule has 1 atom stereocenters. The fourth-order valence-electron chi connectivity index (χ4n) is 3.96. The number of halogens is 1. The van der Waals surface area contributed by atoms with Crippen molar-refractivity contribution in [1.29, 1.82) is 0 Å². The fraction of sp³-hybridized carbons (Fsp3) is 0.364. The molecule has 28 heavy (non-hydrogen) atoms. The minimum absolute atomic E-state index is 0.0303. The monoisotopic (exact) mass is 397 g/mol. The van der Waals surface area contributed by atoms with E-state index in [9.17, 15) is 4.79 Å². The molecule has 0 aliphatic carbocycles. The smallest absolute Gasteiger partial charge is 0.220 e. The molecule has 0 saturated carbocycles. The molecular formula is C22H24ClN3O2. The zero-order chi connectivity index (χ0) is 19.7. The highest BCUT2D eigenvalue weighted by Crippen LogP contribution is 2.33. The quantitative estimate of drug-likeness (QED) is 0.623. The topological polar surface area (TPSA) is 47.4 Å². The van der Waals surface area contributed by atoms with E-state index in [-0.39, 0.29) is 11.9 Å². The van der Waals surface area contributed by atoms with Gasteiger partial charge in [0.1, 0.15) is 18.2 Å². The highest BCUT2D eigenvalue weighted by atomic mass is 35.5. The van der Waals surface area contributed by atoms with E-state index in [0.717, 1.165) is 52.6 Å². The lowest BCUT2D eigenvalue weighted by molar-refractivity contribution is -0.129. The molecule has 1 aromatic heterocycles. The van der Waals surface area contributed by atoms with Crippen molar-refractivity contribution in [3.8, 4) is 5.75 Å². The first kappa shape index (κ1) is 18.8. The number of carbonyl (C=O) groups is 1. The van der Waals surface area contributed by atoms with Gasteiger partial charge in [-0.1, -0.05) is 23.7 Å². The largest absolute Gasteiger partial charge is 0.492 e. The lowest BCUT2D eigenvalue weighted by Gasteiger charge is -2.24. The van der Waals surface area contributed by atoms with Crippen molar-refractivity contribution in [2.24, 2.45) is 0 Å². The molecule has 4 rings (SSSR count). The molecule has 1 saturated heterocycles. The number of ether oxygens (including phenoxy) is 1. The van der Waals surface area contributed by atoms with Crippen LogP contribution in [0.25, 0.3) is 11.0 Å². The number of fused-ring (bicyclic) bond motifs is 1. The molecule has 6 heteroatoms. The van der Waals surface area contributed by atoms with Crippen molar-refractivity contribution < 1.29 is 9.53 Å². The molecule has 1 fully saturated rings. The Morgan fingerprint density at radius 1 is 1.29 bits per heavy atom. The summed E-state index contributed by atoms with van der Waals surface area (Å²) in [5.74, 6) is 1.86. The Kier molecular flexibility index (Phi) is 5.27. The Hall–Kier alpha value is -2.53. The van der Waals surface area contributed by atoms with Crippen LogP contribution in [0.2, 0.25) is 5.02 Å². The highest BCUT2D eigenvalue weighted by Gasteiger charge is 2.32. The molecule has 0 radical (unpaired) electrons. The van der Waals surface area contributed by atoms with Crippen molar-refractivity contribution in [2.45, 2.75) is 39.3 Å². The Bertz CT molecular complexity index is 1010. The Balaban J connectivity index is 1.60. The maximum absolute atomic E-state index is 12.1. The van der Waals surface area contributed by atoms with Gasteiger partial charge in [0, 0.05) is 18.5 Å². The molecular weight excluding hydrogens is 374 g/mol. The molecule has 0 unspecified atom stereocenters. The molecule has 3 aromatic rings. The van der Waals surface area contributed by atoms with E-state index in [4.69, 9.17) is 21.3 Å². The molecule has 1 aliphatic heterocycles. The van der Waals surface area contributed by atoms with E-state index in [1.165, 1.54) is 0 Å². The van der Waals surface area contributed by atoms with Crippen LogP contribution >= 0.6 is 11.6 Å². The van der Waals surface area contributed by atoms with Gasteiger partial charge in [-0.2, -0.15) is 0 Å². The second-order valence-electron chi connectivity index (χ2n) is 7.24. The molecule has 1 amide bonds. The fourth-order valence-corrected chi connectivity index (χ4v) is 4.07. The van der Waals surface area contributed by atoms with Crippen LogP contribution in [0.5, 0.6) is 5.75 Å². The first-order chi connectivity index (χ1) is 13.5. The number of nitrogens with zero attached hydrogens (tertiary/aromatic N) is 3. The van der Waals surface area contributed by atoms with E-state index in [1.54, 1.807) is 6.92 Å². The van der Waals surface area contributed by atoms with E-state index >= 15 is 0 Å². The second-order valence-corrected chi connectivity index (χ2v) is 7.65. The molecule has 0 N–H and O–H groups in total. The summed E-state index contributed by atoms with van der Waals surface area (Å²) in [6.07, 6.45) is 1.95. The average molecular weight is 398 g/mol. The summed E-state index contributed by atoms with van der Waals surface area (Å²) < 4.78 is 8.17. The summed E-state index contributed by atoms with van der Waals surface area (Å²) >= 11 is 6.09. The van der Waals surface area contributed by atoms with Crippen LogP contribution in [0.3, 0.4) is 0 Å². The van der Waals surface area contributed by atoms with Gasteiger partial charge in [-0.05, 0) is 55.7 Å². The third-order valence-electron chi connectivity index (χ3n) is 5.35. The minimum Gasteiger partial charge on any atom is -0.492 e. The Morgan fingerprint density at radius 3 is 2.89 bits per heavy atom. The summed E-state index contributed by atoms with van der Waals surface area (Å²) in [6.45, 7) is 5.58. The number of hydrogen-bond donors (Lipinski definition) is 0. The van der Waals surface area contributed by atoms with Crippen molar-refractivity contribution in [1.82, 2.24) is 14.5 Å². The minimum atomic E-state index is 0.0303. The van der Waals surface area contributed by atoms with Gasteiger partial charge in [0.25, 0.3) is 0 Å². The number of rotatable bonds is 5. The first-order valence-electron chi connectivity index (χ1n) is 9.66. The van der Waals surface area contributed by atoms with E-state index < -0.39 is 0 Å². The number of hydrogen-bond acceptors (Lipinski definition) is 3. The number of aromatic nitrogens is 2. The lowest BCUT2D eigenvalue weighted by atomic mass is 10.2. The molecule has 2 aromatic carbocycles. The first-order valence-corrected chi connectivity index (χ1v) is 10.0. The van der Waals surface area contributed by atoms with Crippen LogP contribution in [-0.2, 0) is 11.3 Å². The number of amides is 1. The predicted molar refractivity (Wildman–Crippen MR) is 111 cm³/mol. The third-order valence-corrected chi connectivity index (χ3v) is 5.78. The molecule has 5 nitrogen and oxygen atoms in total. The second kappa shape index (κ2) is 7.84. The molecule has 2 heterocycles. The van der Waals surface area contributed by atoms with E-state index in [2.05, 4.69) is 10.6 Å². The number of aryl methyl sites for hydroxylation is 1. The van der Waals surface area contributed by atoms with Gasteiger partial charge in [-0.15, -0.1) is 0 Å². The zero-order valence-corrected chi connectivity index (χ0v) is 16.9. The van der Waals surface area contributed by atoms with Crippen LogP contribution in [0.4, 0.5) is 0 Å². The Labute approximate surface area is 169 Å². The van der Waals surface area contributed by atoms with Gasteiger partial charge in [-0.3, -0.25) is 4.79 Å². The number of likely N-dealkylation sites (tertiary alicyclic amines) is 1. The number of para-hydroxylation sites is 2. The lowest BCUT2D eigenvalue weighted by Crippen LogP contribution is -2.30. The van der Waals surface area contributed by atoms with Gasteiger partial charge >= 0.3 is 0 Å².